The third-order valence-corrected chi connectivity index (χ3v) is 5.29. The van der Waals surface area contributed by atoms with Crippen molar-refractivity contribution in [3.05, 3.63) is 34.9 Å². The average Bonchev–Trinajstić information content (AvgIpc) is 3.25. The highest BCUT2D eigenvalue weighted by Crippen LogP contribution is 2.41. The Morgan fingerprint density at radius 3 is 2.44 bits per heavy atom. The highest BCUT2D eigenvalue weighted by molar-refractivity contribution is 5.73. The summed E-state index contributed by atoms with van der Waals surface area (Å²) < 4.78 is 37.8. The van der Waals surface area contributed by atoms with Crippen molar-refractivity contribution in [2.45, 2.75) is 56.4 Å². The Bertz CT molecular complexity index is 612. The molecule has 4 nitrogen and oxygen atoms in total. The predicted molar refractivity (Wildman–Crippen MR) is 85.5 cm³/mol. The molecular formula is C18H22F3NO3. The number of alkyl halides is 3. The maximum Gasteiger partial charge on any atom is 0.490 e. The number of benzene rings is 1. The molecule has 25 heavy (non-hydrogen) atoms. The van der Waals surface area contributed by atoms with Gasteiger partial charge in [0, 0.05) is 19.0 Å². The van der Waals surface area contributed by atoms with Gasteiger partial charge in [0.25, 0.3) is 0 Å². The molecule has 2 N–H and O–H groups in total. The minimum absolute atomic E-state index is 0.413. The van der Waals surface area contributed by atoms with E-state index in [4.69, 9.17) is 14.6 Å². The zero-order chi connectivity index (χ0) is 18.0. The smallest absolute Gasteiger partial charge is 0.475 e. The molecule has 0 bridgehead atoms. The number of carboxylic acids is 1. The van der Waals surface area contributed by atoms with Crippen LogP contribution in [0.5, 0.6) is 0 Å². The van der Waals surface area contributed by atoms with Crippen molar-refractivity contribution in [1.29, 1.82) is 0 Å². The minimum Gasteiger partial charge on any atom is -0.475 e. The summed E-state index contributed by atoms with van der Waals surface area (Å²) in [6.07, 6.45) is 0.897. The first-order valence-corrected chi connectivity index (χ1v) is 8.62. The molecule has 2 aliphatic heterocycles. The normalized spacial score (nSPS) is 25.7. The molecular weight excluding hydrogens is 335 g/mol. The molecule has 2 heterocycles. The molecule has 0 aromatic heterocycles. The van der Waals surface area contributed by atoms with Gasteiger partial charge in [-0.1, -0.05) is 31.0 Å². The van der Waals surface area contributed by atoms with Crippen LogP contribution in [0.2, 0.25) is 0 Å². The van der Waals surface area contributed by atoms with Crippen molar-refractivity contribution in [2.24, 2.45) is 0 Å². The topological polar surface area (TPSA) is 58.6 Å². The number of nitrogens with one attached hydrogen (secondary N) is 1. The van der Waals surface area contributed by atoms with Crippen LogP contribution in [0.25, 0.3) is 0 Å². The van der Waals surface area contributed by atoms with Crippen LogP contribution in [0.3, 0.4) is 0 Å². The first kappa shape index (κ1) is 18.2. The standard InChI is InChI=1S/C16H21NO.C2HF3O2/c1-2-5-11(4-1)12-6-3-7-13-14-8-17-9-16(14)18-10-15(12)13;3-2(4,5)1(6)7/h3,6-7,11,14,16-17H,1-2,4-5,8-10H2;(H,6,7). The number of aliphatic carboxylic acids is 1. The maximum atomic E-state index is 10.6. The van der Waals surface area contributed by atoms with Crippen LogP contribution in [0.15, 0.2) is 18.2 Å². The molecule has 4 rings (SSSR count). The number of rotatable bonds is 1. The summed E-state index contributed by atoms with van der Waals surface area (Å²) in [5, 5.41) is 10.6. The Kier molecular flexibility index (Phi) is 5.34. The van der Waals surface area contributed by atoms with Crippen molar-refractivity contribution < 1.29 is 27.8 Å². The van der Waals surface area contributed by atoms with Crippen LogP contribution in [0.4, 0.5) is 13.2 Å². The average molecular weight is 357 g/mol. The quantitative estimate of drug-likeness (QED) is 0.807. The fourth-order valence-electron chi connectivity index (χ4n) is 4.09. The molecule has 138 valence electrons. The lowest BCUT2D eigenvalue weighted by Crippen LogP contribution is -2.27. The third kappa shape index (κ3) is 3.98. The summed E-state index contributed by atoms with van der Waals surface area (Å²) in [7, 11) is 0. The van der Waals surface area contributed by atoms with Gasteiger partial charge in [-0.25, -0.2) is 4.79 Å². The molecule has 1 aromatic carbocycles. The summed E-state index contributed by atoms with van der Waals surface area (Å²) in [5.41, 5.74) is 4.69. The predicted octanol–water partition coefficient (Wildman–Crippen LogP) is 3.56. The van der Waals surface area contributed by atoms with E-state index in [9.17, 15) is 13.2 Å². The van der Waals surface area contributed by atoms with E-state index in [1.54, 1.807) is 11.1 Å². The van der Waals surface area contributed by atoms with Gasteiger partial charge in [0.1, 0.15) is 0 Å². The highest BCUT2D eigenvalue weighted by atomic mass is 19.4. The first-order valence-electron chi connectivity index (χ1n) is 8.62. The molecule has 2 atom stereocenters. The van der Waals surface area contributed by atoms with E-state index in [1.807, 2.05) is 0 Å². The van der Waals surface area contributed by atoms with Gasteiger partial charge < -0.3 is 15.2 Å². The number of fused-ring (bicyclic) bond motifs is 3. The van der Waals surface area contributed by atoms with Crippen LogP contribution >= 0.6 is 0 Å². The van der Waals surface area contributed by atoms with Crippen LogP contribution in [0.1, 0.15) is 54.2 Å². The van der Waals surface area contributed by atoms with Crippen molar-refractivity contribution in [1.82, 2.24) is 5.32 Å². The van der Waals surface area contributed by atoms with E-state index in [2.05, 4.69) is 23.5 Å². The Hall–Kier alpha value is -1.60. The Morgan fingerprint density at radius 2 is 1.80 bits per heavy atom. The first-order chi connectivity index (χ1) is 11.9. The summed E-state index contributed by atoms with van der Waals surface area (Å²) in [4.78, 5) is 8.90. The lowest BCUT2D eigenvalue weighted by Gasteiger charge is -2.30. The fourth-order valence-corrected chi connectivity index (χ4v) is 4.09. The van der Waals surface area contributed by atoms with E-state index in [-0.39, 0.29) is 0 Å². The van der Waals surface area contributed by atoms with Crippen molar-refractivity contribution in [3.63, 3.8) is 0 Å². The van der Waals surface area contributed by atoms with Crippen LogP contribution in [0, 0.1) is 0 Å². The number of halogens is 3. The van der Waals surface area contributed by atoms with Gasteiger partial charge in [-0.2, -0.15) is 13.2 Å². The molecule has 2 unspecified atom stereocenters. The summed E-state index contributed by atoms with van der Waals surface area (Å²) >= 11 is 0. The Labute approximate surface area is 144 Å². The number of carbonyl (C=O) groups is 1. The second kappa shape index (κ2) is 7.33. The number of hydrogen-bond donors (Lipinski definition) is 2. The van der Waals surface area contributed by atoms with Gasteiger partial charge in [0.2, 0.25) is 0 Å². The molecule has 1 aliphatic carbocycles. The van der Waals surface area contributed by atoms with Crippen LogP contribution in [-0.2, 0) is 16.1 Å². The third-order valence-electron chi connectivity index (χ3n) is 5.29. The van der Waals surface area contributed by atoms with Gasteiger partial charge in [-0.05, 0) is 35.4 Å². The Balaban J connectivity index is 0.000000225. The van der Waals surface area contributed by atoms with E-state index in [1.165, 1.54) is 31.2 Å². The highest BCUT2D eigenvalue weighted by Gasteiger charge is 2.38. The molecule has 1 aromatic rings. The van der Waals surface area contributed by atoms with Crippen molar-refractivity contribution in [2.75, 3.05) is 13.1 Å². The van der Waals surface area contributed by atoms with Crippen molar-refractivity contribution in [3.8, 4) is 0 Å². The summed E-state index contributed by atoms with van der Waals surface area (Å²) in [5.74, 6) is -1.36. The minimum atomic E-state index is -5.08. The molecule has 1 saturated carbocycles. The molecule has 0 amide bonds. The van der Waals surface area contributed by atoms with Gasteiger partial charge in [0.15, 0.2) is 0 Å². The van der Waals surface area contributed by atoms with Gasteiger partial charge in [0.05, 0.1) is 12.7 Å². The Morgan fingerprint density at radius 1 is 1.16 bits per heavy atom. The summed E-state index contributed by atoms with van der Waals surface area (Å²) in [6, 6.07) is 6.95. The SMILES string of the molecule is O=C(O)C(F)(F)F.c1cc(C2CCCC2)c2c(c1)C1CNCC1OC2. The second-order valence-electron chi connectivity index (χ2n) is 6.81. The van der Waals surface area contributed by atoms with Gasteiger partial charge >= 0.3 is 12.1 Å². The monoisotopic (exact) mass is 357 g/mol. The van der Waals surface area contributed by atoms with E-state index < -0.39 is 12.1 Å². The van der Waals surface area contributed by atoms with E-state index in [0.717, 1.165) is 25.6 Å². The molecule has 3 aliphatic rings. The molecule has 1 saturated heterocycles. The molecule has 0 spiro atoms. The zero-order valence-electron chi connectivity index (χ0n) is 13.8. The fraction of sp³-hybridized carbons (Fsp3) is 0.611. The van der Waals surface area contributed by atoms with Crippen LogP contribution < -0.4 is 5.32 Å². The van der Waals surface area contributed by atoms with Gasteiger partial charge in [-0.3, -0.25) is 0 Å². The lowest BCUT2D eigenvalue weighted by atomic mass is 9.83. The van der Waals surface area contributed by atoms with E-state index >= 15 is 0 Å². The zero-order valence-corrected chi connectivity index (χ0v) is 13.8. The molecule has 7 heteroatoms. The largest absolute Gasteiger partial charge is 0.490 e. The van der Waals surface area contributed by atoms with Crippen molar-refractivity contribution >= 4 is 5.97 Å². The van der Waals surface area contributed by atoms with E-state index in [0.29, 0.717) is 12.0 Å². The maximum absolute atomic E-state index is 10.6. The lowest BCUT2D eigenvalue weighted by molar-refractivity contribution is -0.192. The van der Waals surface area contributed by atoms with Gasteiger partial charge in [-0.15, -0.1) is 0 Å². The van der Waals surface area contributed by atoms with Crippen LogP contribution in [-0.4, -0.2) is 36.4 Å². The number of hydrogen-bond acceptors (Lipinski definition) is 3. The number of carboxylic acid groups (broad SMARTS) is 1. The number of ether oxygens (including phenoxy) is 1. The second-order valence-corrected chi connectivity index (χ2v) is 6.81. The summed E-state index contributed by atoms with van der Waals surface area (Å²) in [6.45, 7) is 2.95. The molecule has 0 radical (unpaired) electrons. The molecule has 2 fully saturated rings.